The molecule has 55 heteroatoms. The minimum absolute atomic E-state index is 0.00718. The van der Waals surface area contributed by atoms with E-state index in [1.54, 1.807) is 55.6 Å². The van der Waals surface area contributed by atoms with Crippen LogP contribution in [0.5, 0.6) is 0 Å². The topological polar surface area (TPSA) is 542 Å². The maximum atomic E-state index is 13.4. The number of nitrogens with two attached hydrogens (primary N) is 5. The van der Waals surface area contributed by atoms with Crippen molar-refractivity contribution < 1.29 is 68.6 Å². The summed E-state index contributed by atoms with van der Waals surface area (Å²) in [5.41, 5.74) is 38.7. The summed E-state index contributed by atoms with van der Waals surface area (Å²) in [6, 6.07) is 8.81. The van der Waals surface area contributed by atoms with E-state index in [1.165, 1.54) is 26.3 Å². The number of fused-ring (bicyclic) bond motifs is 9. The zero-order chi connectivity index (χ0) is 105. The highest BCUT2D eigenvalue weighted by atomic mass is 19.4. The molecule has 9 saturated heterocycles. The van der Waals surface area contributed by atoms with Crippen LogP contribution in [0.15, 0.2) is 148 Å². The van der Waals surface area contributed by atoms with Crippen LogP contribution in [0.2, 0.25) is 0 Å². The second kappa shape index (κ2) is 44.6. The number of likely N-dealkylation sites (N-methyl/N-ethyl adjacent to an activating group) is 1. The second-order valence-electron chi connectivity index (χ2n) is 36.5. The van der Waals surface area contributed by atoms with Gasteiger partial charge in [-0.25, -0.2) is 69.4 Å². The summed E-state index contributed by atoms with van der Waals surface area (Å²) in [5, 5.41) is 34.1. The van der Waals surface area contributed by atoms with Crippen LogP contribution in [-0.2, 0) is 9.47 Å². The van der Waals surface area contributed by atoms with E-state index in [-0.39, 0.29) is 98.2 Å². The predicted octanol–water partition coefficient (Wildman–Crippen LogP) is 6.34. The first-order valence-electron chi connectivity index (χ1n) is 48.4. The van der Waals surface area contributed by atoms with E-state index in [4.69, 9.17) is 38.1 Å². The number of piperidine rings is 1. The van der Waals surface area contributed by atoms with E-state index in [0.717, 1.165) is 261 Å². The van der Waals surface area contributed by atoms with Gasteiger partial charge in [-0.1, -0.05) is 6.92 Å². The van der Waals surface area contributed by atoms with Crippen LogP contribution in [0.4, 0.5) is 121 Å². The maximum absolute atomic E-state index is 13.4. The number of nitrogens with zero attached hydrogens (tertiary/aromatic N) is 30. The van der Waals surface area contributed by atoms with Crippen molar-refractivity contribution in [2.75, 3.05) is 250 Å². The molecule has 5 amide bonds. The number of amides is 5. The van der Waals surface area contributed by atoms with E-state index in [9.17, 15) is 59.1 Å². The third-order valence-corrected chi connectivity index (χ3v) is 27.1. The van der Waals surface area contributed by atoms with Crippen molar-refractivity contribution in [2.45, 2.75) is 57.4 Å². The molecule has 0 saturated carbocycles. The van der Waals surface area contributed by atoms with Gasteiger partial charge in [-0.15, -0.1) is 25.5 Å². The van der Waals surface area contributed by atoms with Gasteiger partial charge in [-0.3, -0.25) is 63.6 Å². The second-order valence-corrected chi connectivity index (χ2v) is 36.5. The van der Waals surface area contributed by atoms with Crippen molar-refractivity contribution in [2.24, 2.45) is 0 Å². The number of piperazine rings is 4. The number of aryl methyl sites for hydroxylation is 1. The molecule has 0 aromatic carbocycles. The lowest BCUT2D eigenvalue weighted by Crippen LogP contribution is -2.56. The molecule has 9 aliphatic rings. The number of hydrogen-bond donors (Lipinski definition) is 10. The predicted molar refractivity (Wildman–Crippen MR) is 540 cm³/mol. The number of carbonyl (C=O) groups is 5. The lowest BCUT2D eigenvalue weighted by Gasteiger charge is -2.43. The molecular weight excluding hydrogens is 1970 g/mol. The molecule has 15 aromatic rings. The Balaban J connectivity index is 0.000000118. The van der Waals surface area contributed by atoms with Gasteiger partial charge in [0.2, 0.25) is 0 Å². The smallest absolute Gasteiger partial charge is 0.381 e. The Kier molecular flexibility index (Phi) is 30.3. The number of alkyl halides is 3. The van der Waals surface area contributed by atoms with Crippen LogP contribution in [0.25, 0.3) is 28.2 Å². The molecule has 24 heterocycles. The normalized spacial score (nSPS) is 17.9. The van der Waals surface area contributed by atoms with E-state index < -0.39 is 71.3 Å². The summed E-state index contributed by atoms with van der Waals surface area (Å²) in [6.07, 6.45) is 26.0. The first kappa shape index (κ1) is 102. The van der Waals surface area contributed by atoms with Crippen LogP contribution in [-0.4, -0.2) is 347 Å². The molecule has 0 spiro atoms. The molecule has 15 aromatic heterocycles. The molecular formula is C95H106F8N40O7. The van der Waals surface area contributed by atoms with Gasteiger partial charge in [0.1, 0.15) is 27.8 Å². The van der Waals surface area contributed by atoms with Crippen LogP contribution in [0.1, 0.15) is 83.5 Å². The Morgan fingerprint density at radius 1 is 0.353 bits per heavy atom. The number of nitrogens with one attached hydrogen (secondary N) is 5. The Morgan fingerprint density at radius 3 is 1.01 bits per heavy atom. The average molecular weight is 2070 g/mol. The van der Waals surface area contributed by atoms with Crippen molar-refractivity contribution in [1.82, 2.24) is 122 Å². The highest BCUT2D eigenvalue weighted by Gasteiger charge is 2.38. The fourth-order valence-corrected chi connectivity index (χ4v) is 19.5. The number of halogens is 8. The van der Waals surface area contributed by atoms with E-state index in [2.05, 4.69) is 148 Å². The van der Waals surface area contributed by atoms with Crippen molar-refractivity contribution in [3.05, 3.63) is 211 Å². The van der Waals surface area contributed by atoms with Gasteiger partial charge in [0.05, 0.1) is 182 Å². The first-order chi connectivity index (χ1) is 72.5. The summed E-state index contributed by atoms with van der Waals surface area (Å²) in [5.74, 6) is -5.56. The molecule has 47 nitrogen and oxygen atoms in total. The lowest BCUT2D eigenvalue weighted by atomic mass is 10.0. The third-order valence-electron chi connectivity index (χ3n) is 27.1. The summed E-state index contributed by atoms with van der Waals surface area (Å²) in [7, 11) is 0. The molecule has 9 fully saturated rings. The number of ether oxygens (including phenoxy) is 2. The molecule has 0 aliphatic carbocycles. The molecule has 24 rings (SSSR count). The minimum Gasteiger partial charge on any atom is -0.381 e. The Morgan fingerprint density at radius 2 is 0.673 bits per heavy atom. The number of nitrogen functional groups attached to an aromatic ring is 5. The fraction of sp³-hybridized carbons (Fsp3) is 0.368. The standard InChI is InChI=1S/2C20H23FN8O2.C19H21FN8O.C18H18F4N8O.C18H21FN8O/c1-12-6-23-8-15(17(12)28-4-2-27(3-5-28)14-10-31-11-14)25-20(30)16-18(22)26-29-9-13(21)7-24-19(16)29;21-13-9-24-19-17(18(22)26-29(19)11-13)20(30)25-15-10-23-3-1-16(15)28-6-4-27(5-7-28)14-2-8-31-12-14;20-12-9-23-18-16(17(21)25-28(18)11-12)19(29)24-14-10-22-4-1-15(14)27-8-7-26-5-2-13(27)3-6-26;19-11-7-25-16-14(15(23)27-30(16)9-11)17(31)26-12-8-24-2-1-13(12)29-5-3-28(4-6-29)10-18(20,21)22;1-2-25-5-7-26(8-6-25)14-3-4-21-10-13(14)23-18(28)15-16(20)24-27-11-12(19)9-22-17(15)27/h6-9,14H,2-5,10-11H2,1H3,(H2,22,26)(H,25,30);1,3,9-11,14H,2,4-8,12H2,(H2,22,26)(H,25,30);1,4,9-11,13H,2-3,5-8H2,(H2,21,25)(H,24,29);1-2,7-9H,3-6,10H2,(H2,23,27)(H,26,31);3-4,9-11H,2,5-8H2,1H3,(H2,20,24)(H,23,28). The van der Waals surface area contributed by atoms with Crippen molar-refractivity contribution in [3.8, 4) is 0 Å². The van der Waals surface area contributed by atoms with E-state index >= 15 is 0 Å². The van der Waals surface area contributed by atoms with Gasteiger partial charge in [0, 0.05) is 181 Å². The molecule has 784 valence electrons. The summed E-state index contributed by atoms with van der Waals surface area (Å²) in [6.45, 7) is 23.4. The monoisotopic (exact) mass is 2070 g/mol. The van der Waals surface area contributed by atoms with Gasteiger partial charge in [-0.05, 0) is 62.6 Å². The minimum atomic E-state index is -4.25. The number of rotatable bonds is 19. The molecule has 2 bridgehead atoms. The Hall–Kier alpha value is -16.6. The fourth-order valence-electron chi connectivity index (χ4n) is 19.5. The van der Waals surface area contributed by atoms with Crippen LogP contribution in [0.3, 0.4) is 0 Å². The maximum Gasteiger partial charge on any atom is 0.401 e. The van der Waals surface area contributed by atoms with Gasteiger partial charge in [-0.2, -0.15) is 13.2 Å². The van der Waals surface area contributed by atoms with Crippen molar-refractivity contribution in [3.63, 3.8) is 0 Å². The SMILES string of the molecule is CCN1CCN(c2ccncc2NC(=O)c2c(N)nn3cc(F)cnc23)CC1.Cc1cncc(NC(=O)c2c(N)nn3cc(F)cnc23)c1N1CCN(C2COC2)CC1.Nc1nn2cc(F)cnc2c1C(=O)Nc1cnccc1N1CCN(C2CCOC2)CC1.Nc1nn2cc(F)cnc2c1C(=O)Nc1cnccc1N1CCN(CC(F)(F)F)CC1.Nc1nn2cc(F)cnc2c1C(=O)Nc1cnccc1N1CCN2CCC1CC2. The molecule has 9 aliphatic heterocycles. The summed E-state index contributed by atoms with van der Waals surface area (Å²) < 4.78 is 121. The average Bonchev–Trinajstić information content (AvgIpc) is 1.64. The van der Waals surface area contributed by atoms with Crippen LogP contribution >= 0.6 is 0 Å². The molecule has 15 N–H and O–H groups in total. The number of anilines is 15. The molecule has 1 atom stereocenters. The number of aromatic nitrogens is 20. The van der Waals surface area contributed by atoms with Gasteiger partial charge >= 0.3 is 6.18 Å². The Bertz CT molecular complexity index is 7450. The highest BCUT2D eigenvalue weighted by molar-refractivity contribution is 6.16. The van der Waals surface area contributed by atoms with Crippen molar-refractivity contribution >= 4 is 144 Å². The van der Waals surface area contributed by atoms with Crippen LogP contribution in [0, 0.1) is 36.0 Å². The molecule has 0 radical (unpaired) electrons. The molecule has 150 heavy (non-hydrogen) atoms. The highest BCUT2D eigenvalue weighted by Crippen LogP contribution is 2.38. The molecule has 1 unspecified atom stereocenters. The van der Waals surface area contributed by atoms with Gasteiger partial charge in [0.25, 0.3) is 29.5 Å². The lowest BCUT2D eigenvalue weighted by molar-refractivity contribution is -0.146. The van der Waals surface area contributed by atoms with E-state index in [1.807, 2.05) is 30.0 Å². The summed E-state index contributed by atoms with van der Waals surface area (Å²) in [4.78, 5) is 127. The van der Waals surface area contributed by atoms with Gasteiger partial charge < -0.3 is 99.0 Å². The number of carbonyl (C=O) groups excluding carboxylic acids is 5. The summed E-state index contributed by atoms with van der Waals surface area (Å²) >= 11 is 0. The van der Waals surface area contributed by atoms with E-state index in [0.29, 0.717) is 65.3 Å². The van der Waals surface area contributed by atoms with Gasteiger partial charge in [0.15, 0.2) is 86.4 Å². The third kappa shape index (κ3) is 22.7. The largest absolute Gasteiger partial charge is 0.401 e. The van der Waals surface area contributed by atoms with Crippen molar-refractivity contribution in [1.29, 1.82) is 0 Å². The van der Waals surface area contributed by atoms with Crippen LogP contribution < -0.4 is 79.8 Å². The quantitative estimate of drug-likeness (QED) is 0.0395. The number of hydrogen-bond acceptors (Lipinski definition) is 37. The number of pyridine rings is 5. The zero-order valence-corrected chi connectivity index (χ0v) is 81.3. The Labute approximate surface area is 849 Å². The first-order valence-corrected chi connectivity index (χ1v) is 48.4. The zero-order valence-electron chi connectivity index (χ0n) is 81.3.